The molecule has 2 N–H and O–H groups in total. The molecular weight excluding hydrogens is 515 g/mol. The van der Waals surface area contributed by atoms with Crippen molar-refractivity contribution >= 4 is 22.6 Å². The number of hydrogen-bond donors (Lipinski definition) is 2. The Labute approximate surface area is 191 Å². The Morgan fingerprint density at radius 3 is 2.93 bits per heavy atom. The van der Waals surface area contributed by atoms with Crippen LogP contribution in [0.2, 0.25) is 0 Å². The van der Waals surface area contributed by atoms with Crippen LogP contribution in [0.3, 0.4) is 0 Å². The number of rotatable bonds is 7. The van der Waals surface area contributed by atoms with Gasteiger partial charge in [0, 0.05) is 0 Å². The molecule has 0 amide bonds. The summed E-state index contributed by atoms with van der Waals surface area (Å²) in [4.78, 5) is 9.12. The maximum absolute atomic E-state index is 11.2. The molecule has 30 heavy (non-hydrogen) atoms. The van der Waals surface area contributed by atoms with E-state index in [1.54, 1.807) is 12.4 Å². The predicted octanol–water partition coefficient (Wildman–Crippen LogP) is 1.92. The quantitative estimate of drug-likeness (QED) is 0.357. The van der Waals surface area contributed by atoms with Crippen LogP contribution in [0.25, 0.3) is 11.0 Å². The topological polar surface area (TPSA) is 67.4 Å². The average Bonchev–Trinajstić information content (AvgIpc) is 3.17. The van der Waals surface area contributed by atoms with E-state index in [4.69, 9.17) is 19.4 Å². The SMILES string of the molecule is C[I-]Oc1c(OCC2=CCC(C)(Cl)C=C2)cccc1C(O)c1c[nH]c2ncccc12. The summed E-state index contributed by atoms with van der Waals surface area (Å²) in [5.41, 5.74) is 3.25. The number of aliphatic hydroxyl groups is 1. The third kappa shape index (κ3) is 4.50. The Kier molecular flexibility index (Phi) is 6.36. The van der Waals surface area contributed by atoms with Gasteiger partial charge in [0.25, 0.3) is 0 Å². The summed E-state index contributed by atoms with van der Waals surface area (Å²) in [6.45, 7) is 2.40. The first-order valence-electron chi connectivity index (χ1n) is 9.58. The molecule has 1 aliphatic carbocycles. The molecule has 0 bridgehead atoms. The first kappa shape index (κ1) is 21.2. The van der Waals surface area contributed by atoms with Crippen molar-refractivity contribution in [3.8, 4) is 11.5 Å². The molecule has 2 atom stereocenters. The molecule has 0 spiro atoms. The molecule has 158 valence electrons. The van der Waals surface area contributed by atoms with Crippen molar-refractivity contribution in [2.75, 3.05) is 11.5 Å². The number of aliphatic hydroxyl groups excluding tert-OH is 1. The van der Waals surface area contributed by atoms with E-state index in [-0.39, 0.29) is 4.87 Å². The van der Waals surface area contributed by atoms with Gasteiger partial charge in [0.15, 0.2) is 0 Å². The molecular formula is C23H23ClIN2O3-. The van der Waals surface area contributed by atoms with Gasteiger partial charge in [-0.15, -0.1) is 0 Å². The number of benzene rings is 1. The summed E-state index contributed by atoms with van der Waals surface area (Å²) in [6.07, 6.45) is 9.51. The molecule has 1 aliphatic rings. The van der Waals surface area contributed by atoms with Crippen LogP contribution in [-0.4, -0.2) is 31.5 Å². The Hall–Kier alpha value is -2.03. The van der Waals surface area contributed by atoms with Gasteiger partial charge in [0.1, 0.15) is 0 Å². The molecule has 0 saturated heterocycles. The van der Waals surface area contributed by atoms with Gasteiger partial charge >= 0.3 is 192 Å². The number of nitrogens with one attached hydrogen (secondary N) is 1. The fraction of sp³-hybridized carbons (Fsp3) is 0.261. The number of aromatic amines is 1. The summed E-state index contributed by atoms with van der Waals surface area (Å²) in [5, 5.41) is 12.1. The molecule has 1 aromatic carbocycles. The Balaban J connectivity index is 1.61. The van der Waals surface area contributed by atoms with Gasteiger partial charge in [-0.2, -0.15) is 0 Å². The van der Waals surface area contributed by atoms with E-state index in [1.807, 2.05) is 54.3 Å². The summed E-state index contributed by atoms with van der Waals surface area (Å²) in [7, 11) is 0. The molecule has 2 aromatic heterocycles. The number of nitrogens with zero attached hydrogens (tertiary/aromatic N) is 1. The molecule has 0 radical (unpaired) electrons. The minimum absolute atomic E-state index is 0.331. The Bertz CT molecular complexity index is 1110. The minimum atomic E-state index is -0.859. The molecule has 5 nitrogen and oxygen atoms in total. The number of halogens is 2. The number of H-pyrrole nitrogens is 1. The van der Waals surface area contributed by atoms with Crippen molar-refractivity contribution in [3.63, 3.8) is 0 Å². The third-order valence-electron chi connectivity index (χ3n) is 5.04. The zero-order chi connectivity index (χ0) is 21.1. The second-order valence-corrected chi connectivity index (χ2v) is 9.52. The molecule has 0 aliphatic heterocycles. The zero-order valence-electron chi connectivity index (χ0n) is 16.7. The normalized spacial score (nSPS) is 19.7. The van der Waals surface area contributed by atoms with E-state index in [2.05, 4.69) is 16.0 Å². The molecule has 0 saturated carbocycles. The molecule has 2 unspecified atom stereocenters. The molecule has 3 aromatic rings. The van der Waals surface area contributed by atoms with Crippen LogP contribution in [0, 0.1) is 0 Å². The maximum atomic E-state index is 11.2. The van der Waals surface area contributed by atoms with Gasteiger partial charge in [0.05, 0.1) is 0 Å². The summed E-state index contributed by atoms with van der Waals surface area (Å²) >= 11 is 5.82. The van der Waals surface area contributed by atoms with E-state index < -0.39 is 27.7 Å². The summed E-state index contributed by atoms with van der Waals surface area (Å²) in [5.74, 6) is 1.22. The number of alkyl halides is 2. The fourth-order valence-corrected chi connectivity index (χ4v) is 4.46. The van der Waals surface area contributed by atoms with Gasteiger partial charge in [0.2, 0.25) is 0 Å². The number of aromatic nitrogens is 2. The van der Waals surface area contributed by atoms with Crippen LogP contribution in [-0.2, 0) is 0 Å². The van der Waals surface area contributed by atoms with E-state index in [1.165, 1.54) is 0 Å². The number of allylic oxidation sites excluding steroid dienone is 2. The van der Waals surface area contributed by atoms with Crippen molar-refractivity contribution < 1.29 is 34.5 Å². The van der Waals surface area contributed by atoms with E-state index in [9.17, 15) is 5.11 Å². The molecule has 7 heteroatoms. The van der Waals surface area contributed by atoms with Crippen molar-refractivity contribution in [2.24, 2.45) is 0 Å². The summed E-state index contributed by atoms with van der Waals surface area (Å²) < 4.78 is 12.1. The van der Waals surface area contributed by atoms with Crippen molar-refractivity contribution in [1.82, 2.24) is 9.97 Å². The molecule has 2 heterocycles. The second kappa shape index (κ2) is 8.99. The van der Waals surface area contributed by atoms with Crippen LogP contribution in [0.4, 0.5) is 0 Å². The van der Waals surface area contributed by atoms with E-state index >= 15 is 0 Å². The van der Waals surface area contributed by atoms with Crippen LogP contribution in [0.5, 0.6) is 11.5 Å². The average molecular weight is 538 g/mol. The number of ether oxygens (including phenoxy) is 1. The van der Waals surface area contributed by atoms with Crippen LogP contribution in [0.1, 0.15) is 30.6 Å². The number of para-hydroxylation sites is 1. The third-order valence-corrected chi connectivity index (χ3v) is 6.20. The van der Waals surface area contributed by atoms with E-state index in [0.717, 1.165) is 28.6 Å². The van der Waals surface area contributed by atoms with Gasteiger partial charge in [-0.1, -0.05) is 0 Å². The molecule has 0 fully saturated rings. The summed E-state index contributed by atoms with van der Waals surface area (Å²) in [6, 6.07) is 9.43. The zero-order valence-corrected chi connectivity index (χ0v) is 19.6. The van der Waals surface area contributed by atoms with Gasteiger partial charge in [-0.3, -0.25) is 0 Å². The second-order valence-electron chi connectivity index (χ2n) is 7.34. The van der Waals surface area contributed by atoms with Gasteiger partial charge in [-0.05, 0) is 0 Å². The van der Waals surface area contributed by atoms with Crippen LogP contribution in [0.15, 0.2) is 66.5 Å². The predicted molar refractivity (Wildman–Crippen MR) is 115 cm³/mol. The number of hydrogen-bond acceptors (Lipinski definition) is 4. The van der Waals surface area contributed by atoms with Gasteiger partial charge in [-0.25, -0.2) is 0 Å². The van der Waals surface area contributed by atoms with Crippen molar-refractivity contribution in [1.29, 1.82) is 0 Å². The standard InChI is InChI=1S/C23H23ClIN2O3/c1-23(24)10-8-15(9-11-23)14-29-19-7-3-5-17(21(19)30-25-2)20(28)18-13-27-22-16(18)6-4-12-26-22/h3-10,12-13,20,28H,11,14H2,1-2H3,(H,26,27)/q-1. The monoisotopic (exact) mass is 537 g/mol. The Morgan fingerprint density at radius 1 is 1.30 bits per heavy atom. The van der Waals surface area contributed by atoms with Crippen molar-refractivity contribution in [2.45, 2.75) is 24.3 Å². The number of fused-ring (bicyclic) bond motifs is 1. The van der Waals surface area contributed by atoms with Gasteiger partial charge < -0.3 is 0 Å². The van der Waals surface area contributed by atoms with E-state index in [0.29, 0.717) is 23.7 Å². The molecule has 4 rings (SSSR count). The first-order chi connectivity index (χ1) is 14.5. The first-order valence-corrected chi connectivity index (χ1v) is 13.0. The van der Waals surface area contributed by atoms with Crippen LogP contribution >= 0.6 is 11.6 Å². The fourth-order valence-electron chi connectivity index (χ4n) is 3.41. The number of pyridine rings is 1. The van der Waals surface area contributed by atoms with Crippen LogP contribution < -0.4 is 29.4 Å². The van der Waals surface area contributed by atoms with Crippen molar-refractivity contribution in [3.05, 3.63) is 77.7 Å². The Morgan fingerprint density at radius 2 is 2.17 bits per heavy atom.